The van der Waals surface area contributed by atoms with E-state index in [2.05, 4.69) is 0 Å². The molecule has 2 nitrogen and oxygen atoms in total. The van der Waals surface area contributed by atoms with Crippen LogP contribution in [0.25, 0.3) is 0 Å². The van der Waals surface area contributed by atoms with Crippen LogP contribution >= 0.6 is 0 Å². The minimum absolute atomic E-state index is 0.533. The molecule has 0 fully saturated rings. The second-order valence-electron chi connectivity index (χ2n) is 2.56. The Labute approximate surface area is 57.3 Å². The molecule has 0 atom stereocenters. The maximum absolute atomic E-state index is 11.0. The maximum atomic E-state index is 11.0. The van der Waals surface area contributed by atoms with Gasteiger partial charge in [-0.05, 0) is 18.9 Å². The van der Waals surface area contributed by atoms with Crippen LogP contribution in [0.4, 0.5) is 0 Å². The van der Waals surface area contributed by atoms with E-state index in [1.54, 1.807) is 12.5 Å². The lowest BCUT2D eigenvalue weighted by atomic mass is 10.4. The van der Waals surface area contributed by atoms with E-state index in [4.69, 9.17) is 5.26 Å². The van der Waals surface area contributed by atoms with Crippen LogP contribution in [0.2, 0.25) is 0 Å². The lowest BCUT2D eigenvalue weighted by molar-refractivity contribution is 0.676. The number of rotatable bonds is 3. The molecule has 0 radical (unpaired) electrons. The van der Waals surface area contributed by atoms with Gasteiger partial charge in [-0.15, -0.1) is 9.93 Å². The maximum Gasteiger partial charge on any atom is 0.0622 e. The number of nitrogens with zero attached hydrogens (tertiary/aromatic N) is 1. The standard InChI is InChI=1S/C6H13NOS/c1-9(2,8)6-4-3-5-7/h9H,3-4,6H2,1-2H3. The molecule has 0 unspecified atom stereocenters. The summed E-state index contributed by atoms with van der Waals surface area (Å²) in [6.07, 6.45) is 4.82. The molecule has 0 aliphatic rings. The molecule has 0 rings (SSSR count). The Kier molecular flexibility index (Phi) is 3.48. The molecule has 0 saturated carbocycles. The van der Waals surface area contributed by atoms with Crippen molar-refractivity contribution >= 4 is 9.93 Å². The fourth-order valence-corrected chi connectivity index (χ4v) is 1.46. The van der Waals surface area contributed by atoms with Gasteiger partial charge in [0.25, 0.3) is 0 Å². The van der Waals surface area contributed by atoms with Crippen molar-refractivity contribution in [2.45, 2.75) is 12.8 Å². The van der Waals surface area contributed by atoms with Crippen LogP contribution < -0.4 is 0 Å². The highest BCUT2D eigenvalue weighted by molar-refractivity contribution is 8.01. The fourth-order valence-electron chi connectivity index (χ4n) is 0.539. The fraction of sp³-hybridized carbons (Fsp3) is 0.833. The predicted octanol–water partition coefficient (Wildman–Crippen LogP) is 0.566. The van der Waals surface area contributed by atoms with Gasteiger partial charge in [-0.1, -0.05) is 0 Å². The first-order valence-corrected chi connectivity index (χ1v) is 5.76. The second-order valence-corrected chi connectivity index (χ2v) is 6.15. The van der Waals surface area contributed by atoms with Gasteiger partial charge in [-0.25, -0.2) is 0 Å². The van der Waals surface area contributed by atoms with Crippen LogP contribution in [0.1, 0.15) is 12.8 Å². The molecule has 0 aromatic rings. The molecule has 0 aromatic carbocycles. The quantitative estimate of drug-likeness (QED) is 0.468. The molecule has 0 spiro atoms. The molecule has 0 bridgehead atoms. The largest absolute Gasteiger partial charge is 0.285 e. The number of hydrogen-bond acceptors (Lipinski definition) is 2. The van der Waals surface area contributed by atoms with E-state index in [1.165, 1.54) is 0 Å². The first kappa shape index (κ1) is 8.64. The van der Waals surface area contributed by atoms with Crippen molar-refractivity contribution in [1.82, 2.24) is 0 Å². The molecule has 0 aromatic heterocycles. The number of hydrogen-bond donors (Lipinski definition) is 1. The summed E-state index contributed by atoms with van der Waals surface area (Å²) in [6, 6.07) is 2.02. The molecule has 0 heterocycles. The zero-order valence-electron chi connectivity index (χ0n) is 5.92. The number of nitriles is 1. The Morgan fingerprint density at radius 3 is 2.44 bits per heavy atom. The van der Waals surface area contributed by atoms with Crippen LogP contribution in [-0.2, 0) is 9.93 Å². The van der Waals surface area contributed by atoms with Gasteiger partial charge in [0.1, 0.15) is 0 Å². The third-order valence-corrected chi connectivity index (χ3v) is 2.38. The summed E-state index contributed by atoms with van der Waals surface area (Å²) in [5.41, 5.74) is 0. The summed E-state index contributed by atoms with van der Waals surface area (Å²) >= 11 is 0. The Morgan fingerprint density at radius 2 is 2.11 bits per heavy atom. The van der Waals surface area contributed by atoms with Gasteiger partial charge >= 0.3 is 0 Å². The number of unbranched alkanes of at least 4 members (excludes halogenated alkanes) is 1. The van der Waals surface area contributed by atoms with Gasteiger partial charge in [0.15, 0.2) is 0 Å². The summed E-state index contributed by atoms with van der Waals surface area (Å²) in [4.78, 5) is 0. The van der Waals surface area contributed by atoms with Gasteiger partial charge in [0.05, 0.1) is 6.07 Å². The highest BCUT2D eigenvalue weighted by atomic mass is 32.2. The molecular weight excluding hydrogens is 134 g/mol. The monoisotopic (exact) mass is 147 g/mol. The Morgan fingerprint density at radius 1 is 1.56 bits per heavy atom. The van der Waals surface area contributed by atoms with E-state index in [-0.39, 0.29) is 0 Å². The molecule has 0 aliphatic carbocycles. The molecular formula is C6H13NOS. The number of thiol groups is 1. The lowest BCUT2D eigenvalue weighted by Gasteiger charge is -2.08. The Balaban J connectivity index is 3.32. The Bertz CT molecular complexity index is 153. The van der Waals surface area contributed by atoms with E-state index in [0.717, 1.165) is 6.42 Å². The average molecular weight is 147 g/mol. The van der Waals surface area contributed by atoms with Crippen molar-refractivity contribution < 1.29 is 4.21 Å². The smallest absolute Gasteiger partial charge is 0.0622 e. The topological polar surface area (TPSA) is 40.9 Å². The van der Waals surface area contributed by atoms with Crippen LogP contribution in [0.5, 0.6) is 0 Å². The van der Waals surface area contributed by atoms with Gasteiger partial charge in [-0.3, -0.25) is 4.21 Å². The normalized spacial score (nSPS) is 12.6. The SMILES string of the molecule is C[SH](C)(=O)CCCC#N. The van der Waals surface area contributed by atoms with Crippen LogP contribution in [-0.4, -0.2) is 22.5 Å². The highest BCUT2D eigenvalue weighted by Gasteiger charge is 1.97. The highest BCUT2D eigenvalue weighted by Crippen LogP contribution is 1.97. The Hall–Kier alpha value is -0.360. The van der Waals surface area contributed by atoms with Crippen molar-refractivity contribution in [2.75, 3.05) is 18.3 Å². The summed E-state index contributed by atoms with van der Waals surface area (Å²) in [7, 11) is -1.85. The second kappa shape index (κ2) is 3.62. The van der Waals surface area contributed by atoms with E-state index >= 15 is 0 Å². The molecule has 54 valence electrons. The van der Waals surface area contributed by atoms with Crippen molar-refractivity contribution in [2.24, 2.45) is 0 Å². The van der Waals surface area contributed by atoms with Gasteiger partial charge < -0.3 is 0 Å². The predicted molar refractivity (Wildman–Crippen MR) is 41.1 cm³/mol. The molecule has 0 N–H and O–H groups in total. The molecule has 0 amide bonds. The van der Waals surface area contributed by atoms with Crippen LogP contribution in [0.15, 0.2) is 0 Å². The van der Waals surface area contributed by atoms with Crippen LogP contribution in [0, 0.1) is 11.3 Å². The van der Waals surface area contributed by atoms with Gasteiger partial charge in [0.2, 0.25) is 0 Å². The van der Waals surface area contributed by atoms with E-state index in [0.29, 0.717) is 12.2 Å². The molecule has 9 heavy (non-hydrogen) atoms. The van der Waals surface area contributed by atoms with Gasteiger partial charge in [0, 0.05) is 12.2 Å². The lowest BCUT2D eigenvalue weighted by Crippen LogP contribution is -2.10. The minimum atomic E-state index is -1.85. The molecule has 3 heteroatoms. The van der Waals surface area contributed by atoms with Gasteiger partial charge in [-0.2, -0.15) is 5.26 Å². The van der Waals surface area contributed by atoms with E-state index in [1.807, 2.05) is 6.07 Å². The van der Waals surface area contributed by atoms with E-state index in [9.17, 15) is 4.21 Å². The van der Waals surface area contributed by atoms with E-state index < -0.39 is 9.93 Å². The summed E-state index contributed by atoms with van der Waals surface area (Å²) in [5.74, 6) is 0.709. The summed E-state index contributed by atoms with van der Waals surface area (Å²) in [6.45, 7) is 0. The first-order chi connectivity index (χ1) is 4.06. The first-order valence-electron chi connectivity index (χ1n) is 2.97. The van der Waals surface area contributed by atoms with Crippen LogP contribution in [0.3, 0.4) is 0 Å². The zero-order chi connectivity index (χ0) is 7.33. The van der Waals surface area contributed by atoms with Crippen molar-refractivity contribution in [1.29, 1.82) is 5.26 Å². The minimum Gasteiger partial charge on any atom is -0.285 e. The third-order valence-electron chi connectivity index (χ3n) is 0.985. The van der Waals surface area contributed by atoms with Crippen molar-refractivity contribution in [3.8, 4) is 6.07 Å². The third kappa shape index (κ3) is 7.64. The molecule has 0 aliphatic heterocycles. The molecule has 0 saturated heterocycles. The zero-order valence-corrected chi connectivity index (χ0v) is 6.82. The van der Waals surface area contributed by atoms with Crippen molar-refractivity contribution in [3.63, 3.8) is 0 Å². The average Bonchev–Trinajstić information content (AvgIpc) is 1.63. The summed E-state index contributed by atoms with van der Waals surface area (Å²) in [5, 5.41) is 8.12. The van der Waals surface area contributed by atoms with Crippen molar-refractivity contribution in [3.05, 3.63) is 0 Å². The summed E-state index contributed by atoms with van der Waals surface area (Å²) < 4.78 is 11.0.